The van der Waals surface area contributed by atoms with Crippen molar-refractivity contribution in [2.24, 2.45) is 0 Å². The molecule has 0 atom stereocenters. The fourth-order valence-corrected chi connectivity index (χ4v) is 2.55. The van der Waals surface area contributed by atoms with E-state index in [0.29, 0.717) is 0 Å². The van der Waals surface area contributed by atoms with Gasteiger partial charge >= 0.3 is 0 Å². The van der Waals surface area contributed by atoms with Gasteiger partial charge in [-0.15, -0.1) is 0 Å². The van der Waals surface area contributed by atoms with Gasteiger partial charge in [-0.05, 0) is 69.2 Å². The number of hydrogen-bond donors (Lipinski definition) is 1. The highest BCUT2D eigenvalue weighted by atomic mass is 35.5. The molecule has 22 heavy (non-hydrogen) atoms. The number of rotatable bonds is 2. The average Bonchev–Trinajstić information content (AvgIpc) is 2.43. The molecule has 0 bridgehead atoms. The highest BCUT2D eigenvalue weighted by Crippen LogP contribution is 2.28. The fourth-order valence-electron chi connectivity index (χ4n) is 2.55. The topological polar surface area (TPSA) is 24.9 Å². The SMILES string of the molecule is Cc1ccc2nc(C)cc(Nc3ccc(C)c(C)c3)c2c1.[Cl-]. The summed E-state index contributed by atoms with van der Waals surface area (Å²) in [6, 6.07) is 14.9. The molecule has 0 spiro atoms. The van der Waals surface area contributed by atoms with Crippen LogP contribution in [0.1, 0.15) is 22.4 Å². The van der Waals surface area contributed by atoms with Crippen LogP contribution in [0, 0.1) is 27.7 Å². The van der Waals surface area contributed by atoms with Crippen molar-refractivity contribution in [3.63, 3.8) is 0 Å². The van der Waals surface area contributed by atoms with Crippen LogP contribution in [0.2, 0.25) is 0 Å². The van der Waals surface area contributed by atoms with E-state index in [9.17, 15) is 0 Å². The van der Waals surface area contributed by atoms with Crippen LogP contribution in [0.5, 0.6) is 0 Å². The second kappa shape index (κ2) is 6.37. The van der Waals surface area contributed by atoms with Crippen LogP contribution < -0.4 is 17.7 Å². The van der Waals surface area contributed by atoms with Gasteiger partial charge in [-0.25, -0.2) is 0 Å². The molecule has 2 aromatic carbocycles. The summed E-state index contributed by atoms with van der Waals surface area (Å²) in [7, 11) is 0. The second-order valence-corrected chi connectivity index (χ2v) is 5.76. The summed E-state index contributed by atoms with van der Waals surface area (Å²) in [5.41, 5.74) is 8.15. The van der Waals surface area contributed by atoms with Gasteiger partial charge in [0.05, 0.1) is 5.52 Å². The van der Waals surface area contributed by atoms with Crippen LogP contribution >= 0.6 is 0 Å². The highest BCUT2D eigenvalue weighted by Gasteiger charge is 2.05. The van der Waals surface area contributed by atoms with Crippen molar-refractivity contribution in [3.05, 3.63) is 64.8 Å². The first-order valence-corrected chi connectivity index (χ1v) is 7.25. The summed E-state index contributed by atoms with van der Waals surface area (Å²) < 4.78 is 0. The molecule has 0 aliphatic heterocycles. The molecule has 0 saturated carbocycles. The van der Waals surface area contributed by atoms with Gasteiger partial charge in [0.15, 0.2) is 0 Å². The van der Waals surface area contributed by atoms with E-state index in [1.54, 1.807) is 0 Å². The monoisotopic (exact) mass is 311 g/mol. The normalized spacial score (nSPS) is 10.4. The quantitative estimate of drug-likeness (QED) is 0.785. The highest BCUT2D eigenvalue weighted by molar-refractivity contribution is 5.93. The van der Waals surface area contributed by atoms with Gasteiger partial charge in [0.2, 0.25) is 0 Å². The van der Waals surface area contributed by atoms with E-state index in [2.05, 4.69) is 73.5 Å². The van der Waals surface area contributed by atoms with Crippen LogP contribution in [0.25, 0.3) is 10.9 Å². The molecule has 1 aromatic heterocycles. The minimum atomic E-state index is 0. The Morgan fingerprint density at radius 2 is 1.59 bits per heavy atom. The van der Waals surface area contributed by atoms with Crippen molar-refractivity contribution < 1.29 is 12.4 Å². The van der Waals surface area contributed by atoms with E-state index in [4.69, 9.17) is 0 Å². The Morgan fingerprint density at radius 3 is 2.32 bits per heavy atom. The zero-order chi connectivity index (χ0) is 15.0. The summed E-state index contributed by atoms with van der Waals surface area (Å²) in [5, 5.41) is 4.71. The summed E-state index contributed by atoms with van der Waals surface area (Å²) in [6.45, 7) is 8.42. The molecule has 2 nitrogen and oxygen atoms in total. The van der Waals surface area contributed by atoms with Gasteiger partial charge in [-0.2, -0.15) is 0 Å². The maximum atomic E-state index is 4.61. The van der Waals surface area contributed by atoms with Crippen LogP contribution in [0.15, 0.2) is 42.5 Å². The number of pyridine rings is 1. The average molecular weight is 312 g/mol. The predicted molar refractivity (Wildman–Crippen MR) is 90.4 cm³/mol. The molecule has 0 aliphatic rings. The Bertz CT molecular complexity index is 825. The molecule has 0 fully saturated rings. The number of fused-ring (bicyclic) bond motifs is 1. The van der Waals surface area contributed by atoms with E-state index < -0.39 is 0 Å². The lowest BCUT2D eigenvalue weighted by Gasteiger charge is -2.12. The van der Waals surface area contributed by atoms with Crippen molar-refractivity contribution in [1.29, 1.82) is 0 Å². The van der Waals surface area contributed by atoms with Gasteiger partial charge in [0, 0.05) is 22.5 Å². The molecule has 114 valence electrons. The first kappa shape index (κ1) is 16.3. The molecule has 3 aromatic rings. The lowest BCUT2D eigenvalue weighted by atomic mass is 10.1. The Hall–Kier alpha value is -2.06. The predicted octanol–water partition coefficient (Wildman–Crippen LogP) is 2.22. The Kier molecular flexibility index (Phi) is 4.72. The van der Waals surface area contributed by atoms with E-state index in [0.717, 1.165) is 22.6 Å². The molecule has 0 unspecified atom stereocenters. The van der Waals surface area contributed by atoms with Crippen molar-refractivity contribution in [2.75, 3.05) is 5.32 Å². The Labute approximate surface area is 138 Å². The van der Waals surface area contributed by atoms with Gasteiger partial charge < -0.3 is 17.7 Å². The molecule has 0 radical (unpaired) electrons. The van der Waals surface area contributed by atoms with Crippen molar-refractivity contribution in [3.8, 4) is 0 Å². The third-order valence-electron chi connectivity index (χ3n) is 3.88. The zero-order valence-corrected chi connectivity index (χ0v) is 14.1. The molecule has 3 rings (SSSR count). The summed E-state index contributed by atoms with van der Waals surface area (Å²) in [6.07, 6.45) is 0. The number of nitrogens with one attached hydrogen (secondary N) is 1. The fraction of sp³-hybridized carbons (Fsp3) is 0.211. The van der Waals surface area contributed by atoms with E-state index in [1.165, 1.54) is 22.1 Å². The van der Waals surface area contributed by atoms with Gasteiger partial charge in [-0.3, -0.25) is 4.98 Å². The number of anilines is 2. The lowest BCUT2D eigenvalue weighted by Crippen LogP contribution is -3.00. The molecule has 1 heterocycles. The molecule has 0 aliphatic carbocycles. The third kappa shape index (κ3) is 3.23. The molecule has 1 N–H and O–H groups in total. The first-order valence-electron chi connectivity index (χ1n) is 7.25. The maximum Gasteiger partial charge on any atom is 0.0726 e. The van der Waals surface area contributed by atoms with E-state index in [-0.39, 0.29) is 12.4 Å². The largest absolute Gasteiger partial charge is 1.00 e. The molecule has 0 amide bonds. The summed E-state index contributed by atoms with van der Waals surface area (Å²) in [4.78, 5) is 4.61. The maximum absolute atomic E-state index is 4.61. The first-order chi connectivity index (χ1) is 10.0. The lowest BCUT2D eigenvalue weighted by molar-refractivity contribution is -0.00000454. The zero-order valence-electron chi connectivity index (χ0n) is 13.4. The number of benzene rings is 2. The molecule has 0 saturated heterocycles. The van der Waals surface area contributed by atoms with E-state index in [1.807, 2.05) is 6.92 Å². The van der Waals surface area contributed by atoms with Gasteiger partial charge in [-0.1, -0.05) is 17.7 Å². The van der Waals surface area contributed by atoms with Crippen molar-refractivity contribution in [2.45, 2.75) is 27.7 Å². The van der Waals surface area contributed by atoms with Crippen LogP contribution in [-0.2, 0) is 0 Å². The van der Waals surface area contributed by atoms with Crippen LogP contribution in [0.3, 0.4) is 0 Å². The molecular formula is C19H20ClN2-. The van der Waals surface area contributed by atoms with Crippen LogP contribution in [-0.4, -0.2) is 4.98 Å². The summed E-state index contributed by atoms with van der Waals surface area (Å²) in [5.74, 6) is 0. The van der Waals surface area contributed by atoms with Crippen LogP contribution in [0.4, 0.5) is 11.4 Å². The number of aromatic nitrogens is 1. The standard InChI is InChI=1S/C19H20N2.ClH/c1-12-5-8-18-17(9-12)19(11-15(4)20-18)21-16-7-6-13(2)14(3)10-16;/h5-11H,1-4H3,(H,20,21);1H/p-1. The second-order valence-electron chi connectivity index (χ2n) is 5.76. The molecule has 3 heteroatoms. The number of nitrogens with zero attached hydrogens (tertiary/aromatic N) is 1. The number of hydrogen-bond acceptors (Lipinski definition) is 2. The van der Waals surface area contributed by atoms with Crippen molar-refractivity contribution in [1.82, 2.24) is 4.98 Å². The minimum Gasteiger partial charge on any atom is -1.00 e. The molecular weight excluding hydrogens is 292 g/mol. The van der Waals surface area contributed by atoms with Gasteiger partial charge in [0.1, 0.15) is 0 Å². The summed E-state index contributed by atoms with van der Waals surface area (Å²) >= 11 is 0. The third-order valence-corrected chi connectivity index (χ3v) is 3.88. The minimum absolute atomic E-state index is 0. The Balaban J connectivity index is 0.00000176. The number of aryl methyl sites for hydroxylation is 4. The smallest absolute Gasteiger partial charge is 0.0726 e. The van der Waals surface area contributed by atoms with Gasteiger partial charge in [0.25, 0.3) is 0 Å². The number of halogens is 1. The van der Waals surface area contributed by atoms with E-state index >= 15 is 0 Å². The Morgan fingerprint density at radius 1 is 0.818 bits per heavy atom. The van der Waals surface area contributed by atoms with Crippen molar-refractivity contribution >= 4 is 22.3 Å².